The molecule has 0 aliphatic carbocycles. The number of allylic oxidation sites excluding steroid dienone is 5. The number of hydrogen-bond acceptors (Lipinski definition) is 4. The topological polar surface area (TPSA) is 39.7 Å². The summed E-state index contributed by atoms with van der Waals surface area (Å²) in [4.78, 5) is 7.05. The minimum atomic E-state index is -0.116. The largest absolute Gasteiger partial charge is 0.380 e. The van der Waals surface area contributed by atoms with Crippen LogP contribution in [0, 0.1) is 6.92 Å². The number of benzene rings is 3. The van der Waals surface area contributed by atoms with Crippen LogP contribution < -0.4 is 10.6 Å². The highest BCUT2D eigenvalue weighted by molar-refractivity contribution is 6.32. The Hall–Kier alpha value is -5.06. The molecule has 49 heavy (non-hydrogen) atoms. The summed E-state index contributed by atoms with van der Waals surface area (Å²) in [6.07, 6.45) is 10.1. The molecule has 0 saturated heterocycles. The van der Waals surface area contributed by atoms with Gasteiger partial charge in [0.25, 0.3) is 0 Å². The molecule has 0 aromatic heterocycles. The fourth-order valence-corrected chi connectivity index (χ4v) is 6.60. The molecule has 1 unspecified atom stereocenters. The van der Waals surface area contributed by atoms with Gasteiger partial charge in [-0.15, -0.1) is 6.58 Å². The fourth-order valence-electron chi connectivity index (χ4n) is 6.26. The van der Waals surface area contributed by atoms with Crippen molar-refractivity contribution in [3.63, 3.8) is 0 Å². The van der Waals surface area contributed by atoms with Crippen LogP contribution in [0.5, 0.6) is 0 Å². The second kappa shape index (κ2) is 16.4. The Kier molecular flexibility index (Phi) is 11.8. The van der Waals surface area contributed by atoms with E-state index in [1.54, 1.807) is 0 Å². The van der Waals surface area contributed by atoms with Crippen molar-refractivity contribution in [2.24, 2.45) is 4.99 Å². The Bertz CT molecular complexity index is 1850. The third-order valence-electron chi connectivity index (χ3n) is 8.87. The van der Waals surface area contributed by atoms with E-state index in [9.17, 15) is 0 Å². The zero-order valence-electron chi connectivity index (χ0n) is 28.9. The van der Waals surface area contributed by atoms with Crippen molar-refractivity contribution in [2.45, 2.75) is 52.0 Å². The van der Waals surface area contributed by atoms with Crippen molar-refractivity contribution < 1.29 is 0 Å². The molecule has 1 atom stereocenters. The molecule has 0 bridgehead atoms. The molecule has 3 aromatic rings. The second-order valence-corrected chi connectivity index (χ2v) is 13.4. The highest BCUT2D eigenvalue weighted by Gasteiger charge is 2.26. The summed E-state index contributed by atoms with van der Waals surface area (Å²) in [5.74, 6) is 0. The normalized spacial score (nSPS) is 14.7. The standard InChI is InChI=1S/C44H47ClN4/c1-30(2)25-43(34(6)42-27-38(28-46-42)44-31(3)15-14-20-40(44)45)48-33(5)29-49-35(7)41(24-23-39(49)26-37-18-12-9-13-19-37)47-32(4)21-22-36-16-10-8-11-17-36/h8-20,23-24,28,43,47-48H,1,4-7,21-22,25-27,29H2,2-3H3. The summed E-state index contributed by atoms with van der Waals surface area (Å²) in [5, 5.41) is 7.98. The number of aliphatic imine (C=N–C) groups is 1. The summed E-state index contributed by atoms with van der Waals surface area (Å²) < 4.78 is 0. The molecule has 2 aliphatic rings. The van der Waals surface area contributed by atoms with Crippen LogP contribution in [0.15, 0.2) is 175 Å². The summed E-state index contributed by atoms with van der Waals surface area (Å²) in [7, 11) is 0. The van der Waals surface area contributed by atoms with E-state index in [1.165, 1.54) is 11.1 Å². The van der Waals surface area contributed by atoms with E-state index < -0.39 is 0 Å². The summed E-state index contributed by atoms with van der Waals surface area (Å²) in [6.45, 7) is 26.8. The van der Waals surface area contributed by atoms with Crippen molar-refractivity contribution >= 4 is 22.9 Å². The predicted molar refractivity (Wildman–Crippen MR) is 210 cm³/mol. The van der Waals surface area contributed by atoms with Crippen LogP contribution in [0.3, 0.4) is 0 Å². The van der Waals surface area contributed by atoms with Crippen LogP contribution in [0.4, 0.5) is 0 Å². The minimum absolute atomic E-state index is 0.116. The van der Waals surface area contributed by atoms with Gasteiger partial charge in [0.2, 0.25) is 0 Å². The van der Waals surface area contributed by atoms with E-state index in [0.29, 0.717) is 19.4 Å². The maximum atomic E-state index is 6.60. The Balaban J connectivity index is 1.29. The van der Waals surface area contributed by atoms with Gasteiger partial charge in [-0.05, 0) is 79.2 Å². The van der Waals surface area contributed by atoms with Crippen LogP contribution in [0.1, 0.15) is 48.4 Å². The number of rotatable bonds is 16. The first-order valence-electron chi connectivity index (χ1n) is 16.8. The SMILES string of the molecule is C=C(C)CC(NC(=C)CN1C(=C)C(NC(=C)CCc2ccccc2)=CC=C1Cc1ccccc1)C(=C)C1=NC=C(c2c(C)cccc2Cl)C1. The molecular formula is C44H47ClN4. The Labute approximate surface area is 298 Å². The average Bonchev–Trinajstić information content (AvgIpc) is 3.56. The van der Waals surface area contributed by atoms with Crippen molar-refractivity contribution in [1.29, 1.82) is 0 Å². The van der Waals surface area contributed by atoms with E-state index in [1.807, 2.05) is 37.4 Å². The third-order valence-corrected chi connectivity index (χ3v) is 9.19. The highest BCUT2D eigenvalue weighted by Crippen LogP contribution is 2.34. The van der Waals surface area contributed by atoms with E-state index in [2.05, 4.69) is 122 Å². The first kappa shape index (κ1) is 35.3. The van der Waals surface area contributed by atoms with Gasteiger partial charge >= 0.3 is 0 Å². The van der Waals surface area contributed by atoms with E-state index in [-0.39, 0.29) is 6.04 Å². The van der Waals surface area contributed by atoms with Gasteiger partial charge in [-0.2, -0.15) is 0 Å². The van der Waals surface area contributed by atoms with Crippen molar-refractivity contribution in [1.82, 2.24) is 15.5 Å². The zero-order chi connectivity index (χ0) is 34.9. The number of hydrogen-bond donors (Lipinski definition) is 2. The molecule has 250 valence electrons. The molecule has 4 nitrogen and oxygen atoms in total. The Morgan fingerprint density at radius 1 is 0.898 bits per heavy atom. The quantitative estimate of drug-likeness (QED) is 0.149. The van der Waals surface area contributed by atoms with E-state index in [4.69, 9.17) is 16.6 Å². The summed E-state index contributed by atoms with van der Waals surface area (Å²) in [6, 6.07) is 26.8. The van der Waals surface area contributed by atoms with E-state index in [0.717, 1.165) is 86.3 Å². The first-order valence-corrected chi connectivity index (χ1v) is 17.2. The number of halogens is 1. The molecule has 0 radical (unpaired) electrons. The van der Waals surface area contributed by atoms with Crippen molar-refractivity contribution in [3.05, 3.63) is 197 Å². The molecule has 0 fully saturated rings. The Morgan fingerprint density at radius 3 is 2.27 bits per heavy atom. The first-order chi connectivity index (χ1) is 23.6. The number of nitrogens with one attached hydrogen (secondary N) is 2. The molecule has 0 saturated carbocycles. The van der Waals surface area contributed by atoms with Gasteiger partial charge in [-0.25, -0.2) is 0 Å². The van der Waals surface area contributed by atoms with Gasteiger partial charge in [0, 0.05) is 52.4 Å². The molecule has 0 spiro atoms. The maximum Gasteiger partial charge on any atom is 0.0620 e. The van der Waals surface area contributed by atoms with Gasteiger partial charge in [-0.3, -0.25) is 4.99 Å². The highest BCUT2D eigenvalue weighted by atomic mass is 35.5. The summed E-state index contributed by atoms with van der Waals surface area (Å²) >= 11 is 6.60. The van der Waals surface area contributed by atoms with Gasteiger partial charge in [0.05, 0.1) is 24.0 Å². The van der Waals surface area contributed by atoms with Gasteiger partial charge in [0.1, 0.15) is 0 Å². The molecule has 3 aromatic carbocycles. The van der Waals surface area contributed by atoms with Crippen LogP contribution in [-0.2, 0) is 12.8 Å². The van der Waals surface area contributed by atoms with E-state index >= 15 is 0 Å². The molecule has 0 amide bonds. The molecule has 2 aliphatic heterocycles. The van der Waals surface area contributed by atoms with Crippen LogP contribution in [0.2, 0.25) is 5.02 Å². The molecule has 5 heteroatoms. The lowest BCUT2D eigenvalue weighted by Crippen LogP contribution is -2.38. The zero-order valence-corrected chi connectivity index (χ0v) is 29.6. The molecule has 2 heterocycles. The fraction of sp³-hybridized carbons (Fsp3) is 0.205. The van der Waals surface area contributed by atoms with Crippen LogP contribution in [0.25, 0.3) is 5.57 Å². The lowest BCUT2D eigenvalue weighted by Gasteiger charge is -2.35. The second-order valence-electron chi connectivity index (χ2n) is 13.0. The minimum Gasteiger partial charge on any atom is -0.380 e. The average molecular weight is 667 g/mol. The third kappa shape index (κ3) is 9.31. The molecule has 2 N–H and O–H groups in total. The molecular weight excluding hydrogens is 620 g/mol. The summed E-state index contributed by atoms with van der Waals surface area (Å²) in [5.41, 5.74) is 13.5. The van der Waals surface area contributed by atoms with Crippen molar-refractivity contribution in [2.75, 3.05) is 6.54 Å². The maximum absolute atomic E-state index is 6.60. The smallest absolute Gasteiger partial charge is 0.0620 e. The number of nitrogens with zero attached hydrogens (tertiary/aromatic N) is 2. The predicted octanol–water partition coefficient (Wildman–Crippen LogP) is 10.4. The van der Waals surface area contributed by atoms with Crippen molar-refractivity contribution in [3.8, 4) is 0 Å². The van der Waals surface area contributed by atoms with Crippen LogP contribution in [-0.4, -0.2) is 23.2 Å². The van der Waals surface area contributed by atoms with Gasteiger partial charge in [-0.1, -0.05) is 116 Å². The van der Waals surface area contributed by atoms with Gasteiger partial charge < -0.3 is 15.5 Å². The molecule has 5 rings (SSSR count). The lowest BCUT2D eigenvalue weighted by molar-refractivity contribution is 0.431. The van der Waals surface area contributed by atoms with Crippen LogP contribution >= 0.6 is 11.6 Å². The monoisotopic (exact) mass is 666 g/mol. The number of aryl methyl sites for hydroxylation is 2. The Morgan fingerprint density at radius 2 is 1.59 bits per heavy atom. The van der Waals surface area contributed by atoms with Gasteiger partial charge in [0.15, 0.2) is 0 Å². The lowest BCUT2D eigenvalue weighted by atomic mass is 9.92.